The predicted octanol–water partition coefficient (Wildman–Crippen LogP) is 1.11. The van der Waals surface area contributed by atoms with Gasteiger partial charge >= 0.3 is 0 Å². The molecule has 13 heavy (non-hydrogen) atoms. The Labute approximate surface area is 77.4 Å². The van der Waals surface area contributed by atoms with Crippen LogP contribution in [0.5, 0.6) is 0 Å². The van der Waals surface area contributed by atoms with Crippen molar-refractivity contribution < 1.29 is 0 Å². The van der Waals surface area contributed by atoms with Crippen LogP contribution in [0.4, 0.5) is 5.69 Å². The first-order chi connectivity index (χ1) is 6.29. The molecule has 66 valence electrons. The Morgan fingerprint density at radius 1 is 1.38 bits per heavy atom. The van der Waals surface area contributed by atoms with Crippen LogP contribution in [0.2, 0.25) is 0 Å². The van der Waals surface area contributed by atoms with Crippen molar-refractivity contribution in [1.82, 2.24) is 4.90 Å². The maximum atomic E-state index is 8.54. The second-order valence-electron chi connectivity index (χ2n) is 3.33. The first kappa shape index (κ1) is 8.09. The number of nitriles is 1. The molecule has 0 bridgehead atoms. The summed E-state index contributed by atoms with van der Waals surface area (Å²) in [6.45, 7) is 2.23. The lowest BCUT2D eigenvalue weighted by Gasteiger charge is -2.07. The van der Waals surface area contributed by atoms with E-state index < -0.39 is 0 Å². The summed E-state index contributed by atoms with van der Waals surface area (Å²) >= 11 is 0. The molecule has 0 radical (unpaired) electrons. The molecule has 0 spiro atoms. The van der Waals surface area contributed by atoms with Gasteiger partial charge in [-0.3, -0.25) is 4.90 Å². The summed E-state index contributed by atoms with van der Waals surface area (Å²) in [7, 11) is 0. The van der Waals surface area contributed by atoms with E-state index in [1.54, 1.807) is 0 Å². The van der Waals surface area contributed by atoms with Crippen LogP contribution in [-0.4, -0.2) is 11.4 Å². The molecule has 0 unspecified atom stereocenters. The highest BCUT2D eigenvalue weighted by atomic mass is 15.1. The van der Waals surface area contributed by atoms with Crippen LogP contribution in [0.3, 0.4) is 0 Å². The van der Waals surface area contributed by atoms with Crippen LogP contribution in [-0.2, 0) is 13.1 Å². The molecule has 3 nitrogen and oxygen atoms in total. The fourth-order valence-electron chi connectivity index (χ4n) is 1.70. The average Bonchev–Trinajstić information content (AvgIpc) is 2.46. The van der Waals surface area contributed by atoms with Crippen molar-refractivity contribution in [2.75, 3.05) is 12.3 Å². The molecular formula is C10H11N3. The van der Waals surface area contributed by atoms with Gasteiger partial charge in [-0.25, -0.2) is 0 Å². The molecule has 1 aliphatic rings. The van der Waals surface area contributed by atoms with Gasteiger partial charge in [0.05, 0.1) is 12.6 Å². The molecule has 1 heterocycles. The number of fused-ring (bicyclic) bond motifs is 1. The summed E-state index contributed by atoms with van der Waals surface area (Å²) in [6.07, 6.45) is 0. The number of nitrogen functional groups attached to an aromatic ring is 1. The van der Waals surface area contributed by atoms with Crippen LogP contribution >= 0.6 is 0 Å². The summed E-state index contributed by atoms with van der Waals surface area (Å²) < 4.78 is 0. The zero-order chi connectivity index (χ0) is 9.26. The quantitative estimate of drug-likeness (QED) is 0.511. The van der Waals surface area contributed by atoms with E-state index in [0.717, 1.165) is 18.8 Å². The van der Waals surface area contributed by atoms with Gasteiger partial charge in [0.1, 0.15) is 0 Å². The first-order valence-electron chi connectivity index (χ1n) is 4.26. The highest BCUT2D eigenvalue weighted by Crippen LogP contribution is 2.23. The van der Waals surface area contributed by atoms with Crippen LogP contribution in [0.15, 0.2) is 18.2 Å². The molecule has 0 saturated heterocycles. The number of anilines is 1. The van der Waals surface area contributed by atoms with Gasteiger partial charge in [0.15, 0.2) is 0 Å². The Hall–Kier alpha value is -1.53. The molecule has 2 N–H and O–H groups in total. The number of hydrogen-bond acceptors (Lipinski definition) is 3. The van der Waals surface area contributed by atoms with E-state index in [9.17, 15) is 0 Å². The number of rotatable bonds is 1. The maximum Gasteiger partial charge on any atom is 0.0871 e. The largest absolute Gasteiger partial charge is 0.399 e. The average molecular weight is 173 g/mol. The van der Waals surface area contributed by atoms with Gasteiger partial charge in [-0.1, -0.05) is 6.07 Å². The van der Waals surface area contributed by atoms with E-state index in [1.165, 1.54) is 11.1 Å². The maximum absolute atomic E-state index is 8.54. The van der Waals surface area contributed by atoms with Crippen LogP contribution < -0.4 is 5.73 Å². The van der Waals surface area contributed by atoms with E-state index in [1.807, 2.05) is 18.2 Å². The lowest BCUT2D eigenvalue weighted by molar-refractivity contribution is 0.320. The van der Waals surface area contributed by atoms with Crippen LogP contribution in [0, 0.1) is 11.3 Å². The molecule has 2 rings (SSSR count). The molecule has 0 saturated carbocycles. The molecule has 0 amide bonds. The van der Waals surface area contributed by atoms with Crippen molar-refractivity contribution in [3.8, 4) is 6.07 Å². The Morgan fingerprint density at radius 2 is 2.15 bits per heavy atom. The Balaban J connectivity index is 2.21. The Kier molecular flexibility index (Phi) is 1.91. The van der Waals surface area contributed by atoms with E-state index in [2.05, 4.69) is 11.0 Å². The van der Waals surface area contributed by atoms with Crippen molar-refractivity contribution in [2.24, 2.45) is 0 Å². The van der Waals surface area contributed by atoms with E-state index >= 15 is 0 Å². The second-order valence-corrected chi connectivity index (χ2v) is 3.33. The van der Waals surface area contributed by atoms with Crippen molar-refractivity contribution in [3.63, 3.8) is 0 Å². The first-order valence-corrected chi connectivity index (χ1v) is 4.26. The fourth-order valence-corrected chi connectivity index (χ4v) is 1.70. The van der Waals surface area contributed by atoms with Gasteiger partial charge in [-0.05, 0) is 23.3 Å². The third-order valence-corrected chi connectivity index (χ3v) is 2.31. The molecule has 1 aromatic carbocycles. The summed E-state index contributed by atoms with van der Waals surface area (Å²) in [5.41, 5.74) is 9.03. The van der Waals surface area contributed by atoms with Crippen molar-refractivity contribution in [3.05, 3.63) is 29.3 Å². The van der Waals surface area contributed by atoms with E-state index in [-0.39, 0.29) is 0 Å². The van der Waals surface area contributed by atoms with Gasteiger partial charge in [-0.15, -0.1) is 0 Å². The predicted molar refractivity (Wildman–Crippen MR) is 50.6 cm³/mol. The topological polar surface area (TPSA) is 53.0 Å². The van der Waals surface area contributed by atoms with Gasteiger partial charge in [-0.2, -0.15) is 5.26 Å². The van der Waals surface area contributed by atoms with E-state index in [4.69, 9.17) is 11.0 Å². The zero-order valence-electron chi connectivity index (χ0n) is 7.33. The zero-order valence-corrected chi connectivity index (χ0v) is 7.33. The molecule has 0 atom stereocenters. The molecule has 0 fully saturated rings. The third-order valence-electron chi connectivity index (χ3n) is 2.31. The highest BCUT2D eigenvalue weighted by Gasteiger charge is 2.17. The standard InChI is InChI=1S/C10H11N3/c11-3-4-13-6-8-1-2-10(12)5-9(8)7-13/h1-2,5H,4,6-7,12H2. The van der Waals surface area contributed by atoms with Gasteiger partial charge in [0.2, 0.25) is 0 Å². The summed E-state index contributed by atoms with van der Waals surface area (Å²) in [4.78, 5) is 2.10. The van der Waals surface area contributed by atoms with Gasteiger partial charge < -0.3 is 5.73 Å². The number of hydrogen-bond donors (Lipinski definition) is 1. The van der Waals surface area contributed by atoms with Crippen molar-refractivity contribution >= 4 is 5.69 Å². The number of nitrogens with two attached hydrogens (primary N) is 1. The normalized spacial score (nSPS) is 15.3. The van der Waals surface area contributed by atoms with Crippen molar-refractivity contribution in [1.29, 1.82) is 5.26 Å². The molecule has 0 aliphatic carbocycles. The summed E-state index contributed by atoms with van der Waals surface area (Å²) in [5, 5.41) is 8.54. The van der Waals surface area contributed by atoms with Crippen molar-refractivity contribution in [2.45, 2.75) is 13.1 Å². The summed E-state index contributed by atoms with van der Waals surface area (Å²) in [6, 6.07) is 8.10. The second kappa shape index (κ2) is 3.08. The SMILES string of the molecule is N#CCN1Cc2ccc(N)cc2C1. The third kappa shape index (κ3) is 1.49. The molecular weight excluding hydrogens is 162 g/mol. The fraction of sp³-hybridized carbons (Fsp3) is 0.300. The smallest absolute Gasteiger partial charge is 0.0871 e. The van der Waals surface area contributed by atoms with Crippen LogP contribution in [0.1, 0.15) is 11.1 Å². The lowest BCUT2D eigenvalue weighted by atomic mass is 10.1. The van der Waals surface area contributed by atoms with Crippen LogP contribution in [0.25, 0.3) is 0 Å². The molecule has 0 aromatic heterocycles. The minimum atomic E-state index is 0.495. The monoisotopic (exact) mass is 173 g/mol. The minimum absolute atomic E-state index is 0.495. The Bertz CT molecular complexity index is 365. The van der Waals surface area contributed by atoms with Gasteiger partial charge in [0.25, 0.3) is 0 Å². The minimum Gasteiger partial charge on any atom is -0.399 e. The molecule has 1 aliphatic heterocycles. The molecule has 3 heteroatoms. The highest BCUT2D eigenvalue weighted by molar-refractivity contribution is 5.46. The summed E-state index contributed by atoms with van der Waals surface area (Å²) in [5.74, 6) is 0. The number of benzene rings is 1. The van der Waals surface area contributed by atoms with Gasteiger partial charge in [0, 0.05) is 18.8 Å². The Morgan fingerprint density at radius 3 is 2.92 bits per heavy atom. The lowest BCUT2D eigenvalue weighted by Crippen LogP contribution is -2.15. The molecule has 1 aromatic rings. The number of nitrogens with zero attached hydrogens (tertiary/aromatic N) is 2. The van der Waals surface area contributed by atoms with E-state index in [0.29, 0.717) is 6.54 Å².